The molecule has 18 heavy (non-hydrogen) atoms. The number of rotatable bonds is 3. The van der Waals surface area contributed by atoms with Crippen LogP contribution in [0.2, 0.25) is 10.0 Å². The molecule has 0 aliphatic carbocycles. The summed E-state index contributed by atoms with van der Waals surface area (Å²) in [6.45, 7) is 1.60. The number of piperidine rings is 1. The fourth-order valence-electron chi connectivity index (χ4n) is 2.39. The highest BCUT2D eigenvalue weighted by Crippen LogP contribution is 2.31. The van der Waals surface area contributed by atoms with Crippen molar-refractivity contribution in [3.05, 3.63) is 33.8 Å². The van der Waals surface area contributed by atoms with E-state index in [-0.39, 0.29) is 0 Å². The number of carboxylic acids is 1. The van der Waals surface area contributed by atoms with Gasteiger partial charge in [-0.2, -0.15) is 0 Å². The van der Waals surface area contributed by atoms with Crippen LogP contribution in [0, 0.1) is 0 Å². The molecule has 1 saturated heterocycles. The lowest BCUT2D eigenvalue weighted by molar-refractivity contribution is -0.144. The normalized spacial score (nSPS) is 18.6. The maximum atomic E-state index is 11.5. The van der Waals surface area contributed by atoms with Crippen molar-refractivity contribution in [3.8, 4) is 0 Å². The van der Waals surface area contributed by atoms with Crippen LogP contribution in [0.5, 0.6) is 0 Å². The molecule has 1 aromatic carbocycles. The van der Waals surface area contributed by atoms with Crippen LogP contribution >= 0.6 is 23.2 Å². The fraction of sp³-hybridized carbons (Fsp3) is 0.462. The van der Waals surface area contributed by atoms with Gasteiger partial charge in [0, 0.05) is 10.0 Å². The van der Waals surface area contributed by atoms with Crippen LogP contribution < -0.4 is 0 Å². The van der Waals surface area contributed by atoms with Gasteiger partial charge in [-0.05, 0) is 43.6 Å². The summed E-state index contributed by atoms with van der Waals surface area (Å²) in [5, 5.41) is 10.4. The average Bonchev–Trinajstić information content (AvgIpc) is 2.33. The van der Waals surface area contributed by atoms with Crippen LogP contribution in [0.15, 0.2) is 18.2 Å². The largest absolute Gasteiger partial charge is 0.480 e. The maximum absolute atomic E-state index is 11.5. The SMILES string of the molecule is O=C(O)C(c1ccc(Cl)cc1Cl)N1CCCCC1. The summed E-state index contributed by atoms with van der Waals surface area (Å²) in [5.41, 5.74) is 0.621. The molecule has 0 aromatic heterocycles. The van der Waals surface area contributed by atoms with Crippen molar-refractivity contribution >= 4 is 29.2 Å². The number of aliphatic carboxylic acids is 1. The Morgan fingerprint density at radius 2 is 1.89 bits per heavy atom. The Kier molecular flexibility index (Phi) is 4.49. The van der Waals surface area contributed by atoms with Gasteiger partial charge in [0.1, 0.15) is 6.04 Å². The Bertz CT molecular complexity index is 445. The van der Waals surface area contributed by atoms with Crippen LogP contribution in [0.4, 0.5) is 0 Å². The second kappa shape index (κ2) is 5.91. The predicted molar refractivity (Wildman–Crippen MR) is 72.3 cm³/mol. The highest BCUT2D eigenvalue weighted by atomic mass is 35.5. The summed E-state index contributed by atoms with van der Waals surface area (Å²) in [6, 6.07) is 4.31. The summed E-state index contributed by atoms with van der Waals surface area (Å²) >= 11 is 12.0. The average molecular weight is 288 g/mol. The first-order chi connectivity index (χ1) is 8.59. The van der Waals surface area contributed by atoms with Crippen LogP contribution in [0.25, 0.3) is 0 Å². The van der Waals surface area contributed by atoms with Crippen molar-refractivity contribution in [2.45, 2.75) is 25.3 Å². The molecule has 5 heteroatoms. The van der Waals surface area contributed by atoms with Gasteiger partial charge in [0.05, 0.1) is 0 Å². The maximum Gasteiger partial charge on any atom is 0.325 e. The Hall–Kier alpha value is -0.770. The molecular formula is C13H15Cl2NO2. The third-order valence-corrected chi connectivity index (χ3v) is 3.81. The summed E-state index contributed by atoms with van der Waals surface area (Å²) < 4.78 is 0. The number of likely N-dealkylation sites (tertiary alicyclic amines) is 1. The topological polar surface area (TPSA) is 40.5 Å². The molecule has 0 radical (unpaired) electrons. The first-order valence-electron chi connectivity index (χ1n) is 6.01. The molecule has 0 amide bonds. The highest BCUT2D eigenvalue weighted by molar-refractivity contribution is 6.35. The molecule has 1 heterocycles. The lowest BCUT2D eigenvalue weighted by Gasteiger charge is -2.32. The number of hydrogen-bond donors (Lipinski definition) is 1. The van der Waals surface area contributed by atoms with Crippen molar-refractivity contribution in [1.82, 2.24) is 4.90 Å². The van der Waals surface area contributed by atoms with Gasteiger partial charge in [-0.3, -0.25) is 9.69 Å². The zero-order valence-corrected chi connectivity index (χ0v) is 11.4. The molecule has 98 valence electrons. The predicted octanol–water partition coefficient (Wildman–Crippen LogP) is 3.61. The van der Waals surface area contributed by atoms with Gasteiger partial charge in [-0.25, -0.2) is 0 Å². The van der Waals surface area contributed by atoms with Gasteiger partial charge in [0.15, 0.2) is 0 Å². The summed E-state index contributed by atoms with van der Waals surface area (Å²) in [4.78, 5) is 13.5. The molecule has 0 spiro atoms. The van der Waals surface area contributed by atoms with Crippen LogP contribution in [-0.2, 0) is 4.79 Å². The quantitative estimate of drug-likeness (QED) is 0.923. The fourth-order valence-corrected chi connectivity index (χ4v) is 2.90. The van der Waals surface area contributed by atoms with Gasteiger partial charge in [-0.1, -0.05) is 35.7 Å². The Morgan fingerprint density at radius 3 is 2.44 bits per heavy atom. The second-order valence-electron chi connectivity index (χ2n) is 4.50. The van der Waals surface area contributed by atoms with Crippen LogP contribution in [-0.4, -0.2) is 29.1 Å². The summed E-state index contributed by atoms with van der Waals surface area (Å²) in [6.07, 6.45) is 3.24. The Balaban J connectivity index is 2.31. The molecule has 1 N–H and O–H groups in total. The van der Waals surface area contributed by atoms with E-state index in [1.54, 1.807) is 18.2 Å². The molecule has 1 atom stereocenters. The monoisotopic (exact) mass is 287 g/mol. The van der Waals surface area contributed by atoms with Crippen molar-refractivity contribution in [1.29, 1.82) is 0 Å². The van der Waals surface area contributed by atoms with E-state index in [9.17, 15) is 9.90 Å². The molecule has 1 aromatic rings. The summed E-state index contributed by atoms with van der Waals surface area (Å²) in [7, 11) is 0. The van der Waals surface area contributed by atoms with E-state index >= 15 is 0 Å². The molecule has 0 saturated carbocycles. The van der Waals surface area contributed by atoms with Gasteiger partial charge in [0.2, 0.25) is 0 Å². The molecule has 0 bridgehead atoms. The number of carbonyl (C=O) groups is 1. The van der Waals surface area contributed by atoms with Crippen molar-refractivity contribution in [2.75, 3.05) is 13.1 Å². The standard InChI is InChI=1S/C13H15Cl2NO2/c14-9-4-5-10(11(15)8-9)12(13(17)18)16-6-2-1-3-7-16/h4-5,8,12H,1-3,6-7H2,(H,17,18). The number of benzene rings is 1. The molecule has 1 unspecified atom stereocenters. The van der Waals surface area contributed by atoms with Crippen molar-refractivity contribution in [2.24, 2.45) is 0 Å². The smallest absolute Gasteiger partial charge is 0.325 e. The van der Waals surface area contributed by atoms with E-state index < -0.39 is 12.0 Å². The van der Waals surface area contributed by atoms with Crippen LogP contribution in [0.3, 0.4) is 0 Å². The van der Waals surface area contributed by atoms with E-state index in [4.69, 9.17) is 23.2 Å². The minimum atomic E-state index is -0.860. The first kappa shape index (κ1) is 13.7. The minimum absolute atomic E-state index is 0.417. The number of halogens is 2. The van der Waals surface area contributed by atoms with Gasteiger partial charge >= 0.3 is 5.97 Å². The van der Waals surface area contributed by atoms with E-state index in [0.717, 1.165) is 32.4 Å². The lowest BCUT2D eigenvalue weighted by Crippen LogP contribution is -2.38. The zero-order chi connectivity index (χ0) is 13.1. The van der Waals surface area contributed by atoms with Gasteiger partial charge in [-0.15, -0.1) is 0 Å². The minimum Gasteiger partial charge on any atom is -0.480 e. The van der Waals surface area contributed by atoms with E-state index in [1.165, 1.54) is 0 Å². The zero-order valence-electron chi connectivity index (χ0n) is 9.90. The number of hydrogen-bond acceptors (Lipinski definition) is 2. The molecule has 2 rings (SSSR count). The molecule has 1 aliphatic heterocycles. The number of nitrogens with zero attached hydrogens (tertiary/aromatic N) is 1. The first-order valence-corrected chi connectivity index (χ1v) is 6.77. The Morgan fingerprint density at radius 1 is 1.22 bits per heavy atom. The van der Waals surface area contributed by atoms with Gasteiger partial charge < -0.3 is 5.11 Å². The second-order valence-corrected chi connectivity index (χ2v) is 5.35. The third kappa shape index (κ3) is 2.97. The molecular weight excluding hydrogens is 273 g/mol. The number of carboxylic acid groups (broad SMARTS) is 1. The van der Waals surface area contributed by atoms with E-state index in [0.29, 0.717) is 15.6 Å². The van der Waals surface area contributed by atoms with E-state index in [2.05, 4.69) is 0 Å². The van der Waals surface area contributed by atoms with Crippen molar-refractivity contribution in [3.63, 3.8) is 0 Å². The third-order valence-electron chi connectivity index (χ3n) is 3.25. The van der Waals surface area contributed by atoms with E-state index in [1.807, 2.05) is 4.90 Å². The van der Waals surface area contributed by atoms with Crippen molar-refractivity contribution < 1.29 is 9.90 Å². The Labute approximate surface area is 116 Å². The van der Waals surface area contributed by atoms with Gasteiger partial charge in [0.25, 0.3) is 0 Å². The summed E-state index contributed by atoms with van der Waals surface area (Å²) in [5.74, 6) is -0.860. The van der Waals surface area contributed by atoms with Crippen LogP contribution in [0.1, 0.15) is 30.9 Å². The molecule has 1 aliphatic rings. The highest BCUT2D eigenvalue weighted by Gasteiger charge is 2.30. The lowest BCUT2D eigenvalue weighted by atomic mass is 10.0. The molecule has 1 fully saturated rings. The molecule has 3 nitrogen and oxygen atoms in total.